The van der Waals surface area contributed by atoms with Crippen LogP contribution < -0.4 is 5.32 Å². The molecule has 0 aromatic carbocycles. The zero-order valence-electron chi connectivity index (χ0n) is 11.6. The highest BCUT2D eigenvalue weighted by Crippen LogP contribution is 2.57. The molecule has 4 saturated carbocycles. The molecule has 0 saturated heterocycles. The van der Waals surface area contributed by atoms with E-state index in [0.29, 0.717) is 0 Å². The molecular formula is C16H23NOS. The van der Waals surface area contributed by atoms with E-state index >= 15 is 0 Å². The van der Waals surface area contributed by atoms with Crippen LogP contribution in [0.25, 0.3) is 0 Å². The van der Waals surface area contributed by atoms with Crippen molar-refractivity contribution in [1.29, 1.82) is 0 Å². The third-order valence-electron chi connectivity index (χ3n) is 5.46. The first-order valence-corrected chi connectivity index (χ1v) is 8.39. The van der Waals surface area contributed by atoms with Crippen molar-refractivity contribution < 1.29 is 5.11 Å². The summed E-state index contributed by atoms with van der Waals surface area (Å²) in [6.45, 7) is 3.15. The number of hydrogen-bond donors (Lipinski definition) is 2. The van der Waals surface area contributed by atoms with Gasteiger partial charge in [-0.25, -0.2) is 0 Å². The Kier molecular flexibility index (Phi) is 2.64. The lowest BCUT2D eigenvalue weighted by Gasteiger charge is -2.60. The van der Waals surface area contributed by atoms with Crippen LogP contribution >= 0.6 is 11.3 Å². The Bertz CT molecular complexity index is 481. The summed E-state index contributed by atoms with van der Waals surface area (Å²) in [5.41, 5.74) is -0.112. The van der Waals surface area contributed by atoms with Crippen molar-refractivity contribution in [2.24, 2.45) is 11.8 Å². The monoisotopic (exact) mass is 277 g/mol. The number of rotatable bonds is 3. The van der Waals surface area contributed by atoms with E-state index in [2.05, 4.69) is 24.4 Å². The van der Waals surface area contributed by atoms with E-state index in [-0.39, 0.29) is 11.1 Å². The van der Waals surface area contributed by atoms with Crippen LogP contribution in [0.2, 0.25) is 0 Å². The number of hydrogen-bond acceptors (Lipinski definition) is 3. The van der Waals surface area contributed by atoms with Gasteiger partial charge in [0.1, 0.15) is 0 Å². The van der Waals surface area contributed by atoms with Gasteiger partial charge in [-0.05, 0) is 69.4 Å². The molecule has 1 heterocycles. The molecule has 0 unspecified atom stereocenters. The van der Waals surface area contributed by atoms with Crippen molar-refractivity contribution >= 4 is 11.3 Å². The van der Waals surface area contributed by atoms with Crippen molar-refractivity contribution in [3.63, 3.8) is 0 Å². The molecule has 1 aromatic rings. The molecule has 3 heteroatoms. The molecule has 4 bridgehead atoms. The summed E-state index contributed by atoms with van der Waals surface area (Å²) in [7, 11) is 0. The fourth-order valence-electron chi connectivity index (χ4n) is 5.28. The quantitative estimate of drug-likeness (QED) is 0.889. The Morgan fingerprint density at radius 3 is 2.58 bits per heavy atom. The van der Waals surface area contributed by atoms with Crippen LogP contribution in [0.5, 0.6) is 0 Å². The predicted molar refractivity (Wildman–Crippen MR) is 78.3 cm³/mol. The molecule has 4 aliphatic rings. The van der Waals surface area contributed by atoms with E-state index in [1.54, 1.807) is 0 Å². The topological polar surface area (TPSA) is 32.3 Å². The van der Waals surface area contributed by atoms with E-state index in [1.807, 2.05) is 11.3 Å². The Morgan fingerprint density at radius 2 is 2.00 bits per heavy atom. The van der Waals surface area contributed by atoms with E-state index < -0.39 is 0 Å². The van der Waals surface area contributed by atoms with Crippen molar-refractivity contribution in [2.75, 3.05) is 0 Å². The Morgan fingerprint density at radius 1 is 1.26 bits per heavy atom. The highest BCUT2D eigenvalue weighted by atomic mass is 32.1. The van der Waals surface area contributed by atoms with Crippen LogP contribution in [-0.2, 0) is 6.54 Å². The molecule has 2 atom stereocenters. The lowest BCUT2D eigenvalue weighted by atomic mass is 9.51. The standard InChI is InChI=1S/C16H23NOS/c1-11-2-3-14(19-11)9-17-15-5-12-4-13(6-15)8-16(18,7-12)10-15/h2-3,12-13,17-18H,4-10H2,1H3/t12-,13-,15?,16?/m1/s1. The summed E-state index contributed by atoms with van der Waals surface area (Å²) in [5, 5.41) is 14.6. The van der Waals surface area contributed by atoms with E-state index in [9.17, 15) is 5.11 Å². The maximum absolute atomic E-state index is 10.7. The van der Waals surface area contributed by atoms with E-state index in [4.69, 9.17) is 0 Å². The van der Waals surface area contributed by atoms with Gasteiger partial charge in [0.25, 0.3) is 0 Å². The first-order chi connectivity index (χ1) is 9.04. The lowest BCUT2D eigenvalue weighted by Crippen LogP contribution is -2.64. The van der Waals surface area contributed by atoms with Gasteiger partial charge >= 0.3 is 0 Å². The van der Waals surface area contributed by atoms with Crippen molar-refractivity contribution in [2.45, 2.75) is 63.1 Å². The first kappa shape index (κ1) is 12.4. The second kappa shape index (κ2) is 4.06. The van der Waals surface area contributed by atoms with Gasteiger partial charge in [0.05, 0.1) is 5.60 Å². The van der Waals surface area contributed by atoms with Crippen LogP contribution in [0, 0.1) is 18.8 Å². The number of aliphatic hydroxyl groups is 1. The molecule has 1 aromatic heterocycles. The van der Waals surface area contributed by atoms with Gasteiger partial charge < -0.3 is 10.4 Å². The molecule has 2 N–H and O–H groups in total. The summed E-state index contributed by atoms with van der Waals surface area (Å²) in [6.07, 6.45) is 7.05. The van der Waals surface area contributed by atoms with Crippen molar-refractivity contribution in [3.05, 3.63) is 21.9 Å². The Hall–Kier alpha value is -0.380. The minimum atomic E-state index is -0.345. The molecule has 0 radical (unpaired) electrons. The maximum atomic E-state index is 10.7. The molecule has 104 valence electrons. The highest BCUT2D eigenvalue weighted by Gasteiger charge is 2.56. The van der Waals surface area contributed by atoms with Crippen LogP contribution in [0.3, 0.4) is 0 Å². The van der Waals surface area contributed by atoms with E-state index in [1.165, 1.54) is 29.0 Å². The Balaban J connectivity index is 1.51. The van der Waals surface area contributed by atoms with Crippen molar-refractivity contribution in [1.82, 2.24) is 5.32 Å². The van der Waals surface area contributed by atoms with E-state index in [0.717, 1.165) is 37.6 Å². The largest absolute Gasteiger partial charge is 0.390 e. The van der Waals surface area contributed by atoms with Gasteiger partial charge in [-0.3, -0.25) is 0 Å². The molecule has 4 fully saturated rings. The minimum absolute atomic E-state index is 0.233. The number of aryl methyl sites for hydroxylation is 1. The highest BCUT2D eigenvalue weighted by molar-refractivity contribution is 7.11. The average Bonchev–Trinajstić information content (AvgIpc) is 2.69. The van der Waals surface area contributed by atoms with Crippen LogP contribution in [0.4, 0.5) is 0 Å². The molecule has 0 amide bonds. The lowest BCUT2D eigenvalue weighted by molar-refractivity contribution is -0.142. The average molecular weight is 277 g/mol. The molecular weight excluding hydrogens is 254 g/mol. The molecule has 19 heavy (non-hydrogen) atoms. The fourth-order valence-corrected chi connectivity index (χ4v) is 6.11. The van der Waals surface area contributed by atoms with Crippen molar-refractivity contribution in [3.8, 4) is 0 Å². The molecule has 4 aliphatic carbocycles. The van der Waals surface area contributed by atoms with Crippen LogP contribution in [0.15, 0.2) is 12.1 Å². The smallest absolute Gasteiger partial charge is 0.0670 e. The second-order valence-corrected chi connectivity index (χ2v) is 8.70. The summed E-state index contributed by atoms with van der Waals surface area (Å²) >= 11 is 1.89. The third kappa shape index (κ3) is 2.16. The zero-order chi connectivity index (χ0) is 13.1. The van der Waals surface area contributed by atoms with Gasteiger partial charge in [0.15, 0.2) is 0 Å². The summed E-state index contributed by atoms with van der Waals surface area (Å²) in [4.78, 5) is 2.82. The molecule has 0 aliphatic heterocycles. The second-order valence-electron chi connectivity index (χ2n) is 7.33. The third-order valence-corrected chi connectivity index (χ3v) is 6.46. The first-order valence-electron chi connectivity index (χ1n) is 7.57. The fraction of sp³-hybridized carbons (Fsp3) is 0.750. The normalized spacial score (nSPS) is 43.9. The summed E-state index contributed by atoms with van der Waals surface area (Å²) < 4.78 is 0. The number of thiophene rings is 1. The summed E-state index contributed by atoms with van der Waals surface area (Å²) in [6, 6.07) is 4.44. The van der Waals surface area contributed by atoms with Gasteiger partial charge in [0, 0.05) is 21.8 Å². The predicted octanol–water partition coefficient (Wildman–Crippen LogP) is 3.23. The van der Waals surface area contributed by atoms with Gasteiger partial charge in [-0.2, -0.15) is 0 Å². The minimum Gasteiger partial charge on any atom is -0.390 e. The van der Waals surface area contributed by atoms with Gasteiger partial charge in [0.2, 0.25) is 0 Å². The molecule has 5 rings (SSSR count). The van der Waals surface area contributed by atoms with Crippen LogP contribution in [-0.4, -0.2) is 16.2 Å². The zero-order valence-corrected chi connectivity index (χ0v) is 12.4. The SMILES string of the molecule is Cc1ccc(CNC23C[C@H]4C[C@@H](CC(O)(C4)C2)C3)s1. The Labute approximate surface area is 119 Å². The number of nitrogens with one attached hydrogen (secondary N) is 1. The molecule has 0 spiro atoms. The van der Waals surface area contributed by atoms with Crippen LogP contribution in [0.1, 0.15) is 48.3 Å². The van der Waals surface area contributed by atoms with Gasteiger partial charge in [-0.1, -0.05) is 0 Å². The van der Waals surface area contributed by atoms with Gasteiger partial charge in [-0.15, -0.1) is 11.3 Å². The summed E-state index contributed by atoms with van der Waals surface area (Å²) in [5.74, 6) is 1.53. The molecule has 2 nitrogen and oxygen atoms in total. The maximum Gasteiger partial charge on any atom is 0.0670 e.